The second kappa shape index (κ2) is 2.93. The maximum atomic E-state index is 13.0. The van der Waals surface area contributed by atoms with E-state index in [0.29, 0.717) is 0 Å². The molecule has 1 N–H and O–H groups in total. The lowest BCUT2D eigenvalue weighted by molar-refractivity contribution is -0.0254. The number of alkyl halides is 1. The Balaban J connectivity index is 2.56. The van der Waals surface area contributed by atoms with Crippen molar-refractivity contribution < 1.29 is 17.9 Å². The zero-order valence-corrected chi connectivity index (χ0v) is 7.64. The molecule has 72 valence electrons. The molecular weight excluding hydrogens is 185 g/mol. The van der Waals surface area contributed by atoms with Gasteiger partial charge in [0.25, 0.3) is 0 Å². The molecule has 6 heteroatoms. The van der Waals surface area contributed by atoms with Crippen molar-refractivity contribution >= 4 is 10.0 Å². The van der Waals surface area contributed by atoms with Crippen LogP contribution in [0.1, 0.15) is 6.92 Å². The second-order valence-electron chi connectivity index (χ2n) is 2.98. The van der Waals surface area contributed by atoms with Crippen LogP contribution in [0, 0.1) is 0 Å². The van der Waals surface area contributed by atoms with E-state index >= 15 is 0 Å². The van der Waals surface area contributed by atoms with Gasteiger partial charge in [-0.15, -0.1) is 0 Å². The van der Waals surface area contributed by atoms with Gasteiger partial charge < -0.3 is 5.11 Å². The lowest BCUT2D eigenvalue weighted by Gasteiger charge is -2.41. The molecule has 0 aromatic rings. The standard InChI is InChI=1S/C6H12FNO3S/c1-2-12(10,11)8-3-6(7,4-8)5-9/h9H,2-5H2,1H3. The van der Waals surface area contributed by atoms with Crippen molar-refractivity contribution in [3.05, 3.63) is 0 Å². The highest BCUT2D eigenvalue weighted by atomic mass is 32.2. The summed E-state index contributed by atoms with van der Waals surface area (Å²) in [6.45, 7) is 0.481. The van der Waals surface area contributed by atoms with Gasteiger partial charge >= 0.3 is 0 Å². The Morgan fingerprint density at radius 3 is 2.42 bits per heavy atom. The van der Waals surface area contributed by atoms with Crippen LogP contribution in [-0.4, -0.2) is 48.9 Å². The summed E-state index contributed by atoms with van der Waals surface area (Å²) >= 11 is 0. The van der Waals surface area contributed by atoms with Crippen molar-refractivity contribution in [2.75, 3.05) is 25.4 Å². The highest BCUT2D eigenvalue weighted by molar-refractivity contribution is 7.89. The fraction of sp³-hybridized carbons (Fsp3) is 1.00. The van der Waals surface area contributed by atoms with Crippen LogP contribution >= 0.6 is 0 Å². The van der Waals surface area contributed by atoms with Crippen molar-refractivity contribution in [1.82, 2.24) is 4.31 Å². The summed E-state index contributed by atoms with van der Waals surface area (Å²) in [4.78, 5) is 0. The maximum absolute atomic E-state index is 13.0. The fourth-order valence-corrected chi connectivity index (χ4v) is 2.29. The van der Waals surface area contributed by atoms with Gasteiger partial charge in [-0.05, 0) is 6.92 Å². The van der Waals surface area contributed by atoms with Crippen LogP contribution in [0.3, 0.4) is 0 Å². The quantitative estimate of drug-likeness (QED) is 0.654. The van der Waals surface area contributed by atoms with E-state index in [0.717, 1.165) is 4.31 Å². The smallest absolute Gasteiger partial charge is 0.214 e. The third-order valence-corrected chi connectivity index (χ3v) is 3.74. The molecule has 0 aromatic carbocycles. The van der Waals surface area contributed by atoms with Gasteiger partial charge in [-0.25, -0.2) is 12.8 Å². The molecular formula is C6H12FNO3S. The summed E-state index contributed by atoms with van der Waals surface area (Å²) in [5.74, 6) is -0.0193. The number of aliphatic hydroxyl groups excluding tert-OH is 1. The van der Waals surface area contributed by atoms with Gasteiger partial charge in [-0.1, -0.05) is 0 Å². The summed E-state index contributed by atoms with van der Waals surface area (Å²) in [6.07, 6.45) is 0. The average molecular weight is 197 g/mol. The minimum absolute atomic E-state index is 0.0193. The van der Waals surface area contributed by atoms with E-state index in [1.165, 1.54) is 6.92 Å². The minimum atomic E-state index is -3.26. The van der Waals surface area contributed by atoms with Crippen LogP contribution in [0.2, 0.25) is 0 Å². The van der Waals surface area contributed by atoms with E-state index in [1.54, 1.807) is 0 Å². The molecule has 12 heavy (non-hydrogen) atoms. The molecule has 0 unspecified atom stereocenters. The highest BCUT2D eigenvalue weighted by Gasteiger charge is 2.47. The molecule has 1 aliphatic rings. The van der Waals surface area contributed by atoms with Crippen LogP contribution in [0.25, 0.3) is 0 Å². The molecule has 0 atom stereocenters. The van der Waals surface area contributed by atoms with E-state index in [1.807, 2.05) is 0 Å². The number of hydrogen-bond acceptors (Lipinski definition) is 3. The summed E-state index contributed by atoms with van der Waals surface area (Å²) < 4.78 is 36.2. The van der Waals surface area contributed by atoms with Gasteiger partial charge in [0.1, 0.15) is 0 Å². The third-order valence-electron chi connectivity index (χ3n) is 1.96. The topological polar surface area (TPSA) is 57.6 Å². The normalized spacial score (nSPS) is 23.6. The monoisotopic (exact) mass is 197 g/mol. The van der Waals surface area contributed by atoms with Gasteiger partial charge in [0, 0.05) is 0 Å². The van der Waals surface area contributed by atoms with E-state index in [9.17, 15) is 12.8 Å². The van der Waals surface area contributed by atoms with Crippen molar-refractivity contribution in [2.45, 2.75) is 12.6 Å². The predicted molar refractivity (Wildman–Crippen MR) is 42.0 cm³/mol. The van der Waals surface area contributed by atoms with Crippen LogP contribution in [0.5, 0.6) is 0 Å². The Morgan fingerprint density at radius 1 is 1.58 bits per heavy atom. The largest absolute Gasteiger partial charge is 0.393 e. The number of halogens is 1. The SMILES string of the molecule is CCS(=O)(=O)N1CC(F)(CO)C1. The van der Waals surface area contributed by atoms with E-state index < -0.39 is 22.3 Å². The van der Waals surface area contributed by atoms with Crippen molar-refractivity contribution in [2.24, 2.45) is 0 Å². The predicted octanol–water partition coefficient (Wildman–Crippen LogP) is -0.648. The Hall–Kier alpha value is -0.200. The first-order chi connectivity index (χ1) is 5.43. The molecule has 0 amide bonds. The Bertz CT molecular complexity index is 258. The summed E-state index contributed by atoms with van der Waals surface area (Å²) in [5, 5.41) is 8.51. The minimum Gasteiger partial charge on any atom is -0.393 e. The van der Waals surface area contributed by atoms with Gasteiger partial charge in [-0.3, -0.25) is 0 Å². The number of sulfonamides is 1. The number of hydrogen-bond donors (Lipinski definition) is 1. The first-order valence-electron chi connectivity index (χ1n) is 3.71. The molecule has 0 radical (unpaired) electrons. The Morgan fingerprint density at radius 2 is 2.08 bits per heavy atom. The van der Waals surface area contributed by atoms with Crippen molar-refractivity contribution in [3.63, 3.8) is 0 Å². The molecule has 0 bridgehead atoms. The zero-order chi connectivity index (χ0) is 9.41. The van der Waals surface area contributed by atoms with E-state index in [2.05, 4.69) is 0 Å². The Kier molecular flexibility index (Phi) is 2.42. The summed E-state index contributed by atoms with van der Waals surface area (Å²) in [6, 6.07) is 0. The van der Waals surface area contributed by atoms with Gasteiger partial charge in [0.2, 0.25) is 10.0 Å². The molecule has 1 aliphatic heterocycles. The summed E-state index contributed by atoms with van der Waals surface area (Å²) in [5.41, 5.74) is -1.71. The van der Waals surface area contributed by atoms with E-state index in [-0.39, 0.29) is 18.8 Å². The number of nitrogens with zero attached hydrogens (tertiary/aromatic N) is 1. The first-order valence-corrected chi connectivity index (χ1v) is 5.32. The fourth-order valence-electron chi connectivity index (χ4n) is 1.07. The van der Waals surface area contributed by atoms with Gasteiger partial charge in [0.15, 0.2) is 5.67 Å². The molecule has 0 aromatic heterocycles. The third kappa shape index (κ3) is 1.60. The zero-order valence-electron chi connectivity index (χ0n) is 6.83. The van der Waals surface area contributed by atoms with Crippen LogP contribution in [0.15, 0.2) is 0 Å². The van der Waals surface area contributed by atoms with E-state index in [4.69, 9.17) is 5.11 Å². The lowest BCUT2D eigenvalue weighted by atomic mass is 10.0. The molecule has 0 saturated carbocycles. The molecule has 1 rings (SSSR count). The molecule has 1 fully saturated rings. The van der Waals surface area contributed by atoms with Gasteiger partial charge in [-0.2, -0.15) is 4.31 Å². The van der Waals surface area contributed by atoms with Crippen molar-refractivity contribution in [3.8, 4) is 0 Å². The molecule has 1 heterocycles. The molecule has 4 nitrogen and oxygen atoms in total. The molecule has 0 spiro atoms. The van der Waals surface area contributed by atoms with Crippen LogP contribution in [-0.2, 0) is 10.0 Å². The second-order valence-corrected chi connectivity index (χ2v) is 5.24. The van der Waals surface area contributed by atoms with Gasteiger partial charge in [0.05, 0.1) is 25.4 Å². The summed E-state index contributed by atoms with van der Waals surface area (Å²) in [7, 11) is -3.26. The Labute approximate surface area is 71.0 Å². The first kappa shape index (κ1) is 9.88. The molecule has 0 aliphatic carbocycles. The number of aliphatic hydroxyl groups is 1. The van der Waals surface area contributed by atoms with Crippen LogP contribution in [0.4, 0.5) is 4.39 Å². The number of rotatable bonds is 3. The average Bonchev–Trinajstić information content (AvgIpc) is 1.98. The highest BCUT2D eigenvalue weighted by Crippen LogP contribution is 2.27. The maximum Gasteiger partial charge on any atom is 0.214 e. The lowest BCUT2D eigenvalue weighted by Crippen LogP contribution is -2.62. The van der Waals surface area contributed by atoms with Crippen LogP contribution < -0.4 is 0 Å². The molecule has 1 saturated heterocycles. The van der Waals surface area contributed by atoms with Crippen molar-refractivity contribution in [1.29, 1.82) is 0 Å².